The maximum atomic E-state index is 11.8. The molecule has 2 N–H and O–H groups in total. The van der Waals surface area contributed by atoms with E-state index in [2.05, 4.69) is 10.6 Å². The number of aryl methyl sites for hydroxylation is 1. The van der Waals surface area contributed by atoms with Gasteiger partial charge in [0, 0.05) is 6.08 Å². The number of hydrogen-bond donors (Lipinski definition) is 2. The minimum Gasteiger partial charge on any atom is -0.462 e. The molecule has 0 radical (unpaired) electrons. The summed E-state index contributed by atoms with van der Waals surface area (Å²) in [5.41, 5.74) is 1.10. The second-order valence-corrected chi connectivity index (χ2v) is 5.29. The van der Waals surface area contributed by atoms with Crippen LogP contribution < -0.4 is 10.6 Å². The molecule has 0 saturated heterocycles. The molecule has 4 nitrogen and oxygen atoms in total. The predicted molar refractivity (Wildman–Crippen MR) is 91.2 cm³/mol. The van der Waals surface area contributed by atoms with E-state index >= 15 is 0 Å². The van der Waals surface area contributed by atoms with Crippen LogP contribution in [0.15, 0.2) is 53.0 Å². The quantitative estimate of drug-likeness (QED) is 0.671. The molecule has 1 aromatic heterocycles. The number of carbonyl (C=O) groups is 1. The van der Waals surface area contributed by atoms with Crippen molar-refractivity contribution in [3.8, 4) is 0 Å². The molecule has 1 heterocycles. The smallest absolute Gasteiger partial charge is 0.250 e. The molecule has 0 spiro atoms. The first kappa shape index (κ1) is 16.0. The topological polar surface area (TPSA) is 54.3 Å². The minimum atomic E-state index is -0.299. The maximum Gasteiger partial charge on any atom is 0.250 e. The summed E-state index contributed by atoms with van der Waals surface area (Å²) in [6.45, 7) is 3.83. The van der Waals surface area contributed by atoms with E-state index in [1.807, 2.05) is 50.2 Å². The first-order valence-corrected chi connectivity index (χ1v) is 7.36. The number of nitrogens with one attached hydrogen (secondary N) is 2. The fourth-order valence-corrected chi connectivity index (χ4v) is 2.19. The zero-order chi connectivity index (χ0) is 15.9. The average Bonchev–Trinajstić information content (AvgIpc) is 2.91. The summed E-state index contributed by atoms with van der Waals surface area (Å²) in [4.78, 5) is 11.8. The Labute approximate surface area is 135 Å². The Balaban J connectivity index is 1.84. The van der Waals surface area contributed by atoms with Gasteiger partial charge in [-0.05, 0) is 49.8 Å². The molecule has 1 amide bonds. The molecule has 22 heavy (non-hydrogen) atoms. The van der Waals surface area contributed by atoms with E-state index in [9.17, 15) is 4.79 Å². The molecule has 114 valence electrons. The molecular weight excluding hydrogens is 296 g/mol. The molecule has 0 fully saturated rings. The van der Waals surface area contributed by atoms with E-state index in [1.54, 1.807) is 12.1 Å². The van der Waals surface area contributed by atoms with Crippen LogP contribution in [0.3, 0.4) is 0 Å². The van der Waals surface area contributed by atoms with Crippen molar-refractivity contribution in [2.24, 2.45) is 0 Å². The lowest BCUT2D eigenvalue weighted by molar-refractivity contribution is -0.115. The second-order valence-electron chi connectivity index (χ2n) is 4.88. The highest BCUT2D eigenvalue weighted by atomic mass is 32.1. The molecule has 2 rings (SSSR count). The molecule has 1 unspecified atom stereocenters. The van der Waals surface area contributed by atoms with Crippen molar-refractivity contribution in [2.45, 2.75) is 19.9 Å². The van der Waals surface area contributed by atoms with Gasteiger partial charge >= 0.3 is 0 Å². The Hall–Kier alpha value is -2.40. The highest BCUT2D eigenvalue weighted by Crippen LogP contribution is 2.10. The summed E-state index contributed by atoms with van der Waals surface area (Å²) in [5.74, 6) is 1.13. The number of benzene rings is 1. The molecule has 0 bridgehead atoms. The standard InChI is InChI=1S/C17H18N2O2S/c1-12-8-9-15(21-12)10-11-16(20)19-17(22)18-13(2)14-6-4-3-5-7-14/h3-11,13H,1-2H3,(H2,18,19,20,22). The van der Waals surface area contributed by atoms with Crippen LogP contribution in [-0.4, -0.2) is 11.0 Å². The van der Waals surface area contributed by atoms with E-state index in [4.69, 9.17) is 16.6 Å². The van der Waals surface area contributed by atoms with Gasteiger partial charge in [-0.15, -0.1) is 0 Å². The third kappa shape index (κ3) is 4.86. The van der Waals surface area contributed by atoms with Crippen LogP contribution in [0.2, 0.25) is 0 Å². The number of rotatable bonds is 4. The summed E-state index contributed by atoms with van der Waals surface area (Å²) >= 11 is 5.14. The molecule has 0 saturated carbocycles. The van der Waals surface area contributed by atoms with Gasteiger partial charge in [0.1, 0.15) is 11.5 Å². The van der Waals surface area contributed by atoms with E-state index < -0.39 is 0 Å². The Morgan fingerprint density at radius 1 is 1.23 bits per heavy atom. The summed E-state index contributed by atoms with van der Waals surface area (Å²) in [5, 5.41) is 5.98. The van der Waals surface area contributed by atoms with E-state index in [1.165, 1.54) is 6.08 Å². The van der Waals surface area contributed by atoms with Crippen LogP contribution in [0.5, 0.6) is 0 Å². The lowest BCUT2D eigenvalue weighted by atomic mass is 10.1. The second kappa shape index (κ2) is 7.56. The van der Waals surface area contributed by atoms with Crippen molar-refractivity contribution in [1.29, 1.82) is 0 Å². The summed E-state index contributed by atoms with van der Waals surface area (Å²) in [6.07, 6.45) is 2.99. The van der Waals surface area contributed by atoms with Crippen molar-refractivity contribution in [3.63, 3.8) is 0 Å². The van der Waals surface area contributed by atoms with Crippen LogP contribution >= 0.6 is 12.2 Å². The number of amides is 1. The van der Waals surface area contributed by atoms with E-state index in [-0.39, 0.29) is 11.9 Å². The van der Waals surface area contributed by atoms with Crippen molar-refractivity contribution in [2.75, 3.05) is 0 Å². The molecule has 5 heteroatoms. The predicted octanol–water partition coefficient (Wildman–Crippen LogP) is 3.35. The van der Waals surface area contributed by atoms with Crippen LogP contribution in [0.1, 0.15) is 30.0 Å². The van der Waals surface area contributed by atoms with Gasteiger partial charge < -0.3 is 9.73 Å². The number of thiocarbonyl (C=S) groups is 1. The fraction of sp³-hybridized carbons (Fsp3) is 0.176. The van der Waals surface area contributed by atoms with Gasteiger partial charge in [0.25, 0.3) is 0 Å². The van der Waals surface area contributed by atoms with Gasteiger partial charge in [0.05, 0.1) is 6.04 Å². The highest BCUT2D eigenvalue weighted by molar-refractivity contribution is 7.80. The monoisotopic (exact) mass is 314 g/mol. The fourth-order valence-electron chi connectivity index (χ4n) is 1.91. The Kier molecular flexibility index (Phi) is 5.49. The van der Waals surface area contributed by atoms with Crippen molar-refractivity contribution >= 4 is 29.3 Å². The SMILES string of the molecule is Cc1ccc(C=CC(=O)NC(=S)NC(C)c2ccccc2)o1. The average molecular weight is 314 g/mol. The van der Waals surface area contributed by atoms with E-state index in [0.29, 0.717) is 10.9 Å². The van der Waals surface area contributed by atoms with Crippen LogP contribution in [0, 0.1) is 6.92 Å². The van der Waals surface area contributed by atoms with Gasteiger partial charge in [-0.3, -0.25) is 10.1 Å². The zero-order valence-corrected chi connectivity index (χ0v) is 13.3. The molecule has 0 aliphatic rings. The summed E-state index contributed by atoms with van der Waals surface area (Å²) in [7, 11) is 0. The van der Waals surface area contributed by atoms with Crippen LogP contribution in [0.25, 0.3) is 6.08 Å². The van der Waals surface area contributed by atoms with E-state index in [0.717, 1.165) is 11.3 Å². The third-order valence-corrected chi connectivity index (χ3v) is 3.26. The molecule has 2 aromatic rings. The Morgan fingerprint density at radius 2 is 1.95 bits per heavy atom. The number of carbonyl (C=O) groups excluding carboxylic acids is 1. The zero-order valence-electron chi connectivity index (χ0n) is 12.5. The molecule has 0 aliphatic carbocycles. The van der Waals surface area contributed by atoms with Crippen molar-refractivity contribution in [1.82, 2.24) is 10.6 Å². The lowest BCUT2D eigenvalue weighted by Gasteiger charge is -2.16. The highest BCUT2D eigenvalue weighted by Gasteiger charge is 2.07. The van der Waals surface area contributed by atoms with Gasteiger partial charge in [0.2, 0.25) is 5.91 Å². The van der Waals surface area contributed by atoms with Crippen molar-refractivity contribution in [3.05, 3.63) is 65.6 Å². The number of hydrogen-bond acceptors (Lipinski definition) is 3. The molecule has 0 aliphatic heterocycles. The molecular formula is C17H18N2O2S. The first-order valence-electron chi connectivity index (χ1n) is 6.95. The van der Waals surface area contributed by atoms with Gasteiger partial charge in [-0.2, -0.15) is 0 Å². The maximum absolute atomic E-state index is 11.8. The summed E-state index contributed by atoms with van der Waals surface area (Å²) < 4.78 is 5.35. The van der Waals surface area contributed by atoms with Gasteiger partial charge in [0.15, 0.2) is 5.11 Å². The lowest BCUT2D eigenvalue weighted by Crippen LogP contribution is -2.39. The minimum absolute atomic E-state index is 0.0192. The third-order valence-electron chi connectivity index (χ3n) is 3.04. The summed E-state index contributed by atoms with van der Waals surface area (Å²) in [6, 6.07) is 13.5. The normalized spacial score (nSPS) is 12.1. The largest absolute Gasteiger partial charge is 0.462 e. The van der Waals surface area contributed by atoms with Crippen molar-refractivity contribution < 1.29 is 9.21 Å². The molecule has 1 atom stereocenters. The Bertz CT molecular complexity index is 677. The first-order chi connectivity index (χ1) is 10.5. The Morgan fingerprint density at radius 3 is 2.59 bits per heavy atom. The van der Waals surface area contributed by atoms with Crippen LogP contribution in [0.4, 0.5) is 0 Å². The van der Waals surface area contributed by atoms with Gasteiger partial charge in [-0.1, -0.05) is 30.3 Å². The molecule has 1 aromatic carbocycles. The van der Waals surface area contributed by atoms with Gasteiger partial charge in [-0.25, -0.2) is 0 Å². The van der Waals surface area contributed by atoms with Crippen LogP contribution in [-0.2, 0) is 4.79 Å². The number of furan rings is 1.